The number of hydrogen-bond acceptors (Lipinski definition) is 6. The van der Waals surface area contributed by atoms with E-state index in [4.69, 9.17) is 9.47 Å². The number of aliphatic hydroxyl groups excluding tert-OH is 1. The maximum absolute atomic E-state index is 13.5. The summed E-state index contributed by atoms with van der Waals surface area (Å²) >= 11 is 3.36. The number of carbonyl (C=O) groups excluding carboxylic acids is 1. The van der Waals surface area contributed by atoms with Gasteiger partial charge in [0.1, 0.15) is 28.1 Å². The number of nitrogens with one attached hydrogen (secondary N) is 2. The summed E-state index contributed by atoms with van der Waals surface area (Å²) in [5, 5.41) is 13.9. The first-order valence-electron chi connectivity index (χ1n) is 11.2. The number of carbonyl (C=O) groups is 1. The second kappa shape index (κ2) is 9.85. The molecule has 10 heteroatoms. The van der Waals surface area contributed by atoms with E-state index in [2.05, 4.69) is 26.0 Å². The monoisotopic (exact) mass is 576 g/mol. The van der Waals surface area contributed by atoms with Crippen LogP contribution in [0.4, 0.5) is 5.69 Å². The lowest BCUT2D eigenvalue weighted by Gasteiger charge is -2.42. The Bertz CT molecular complexity index is 1410. The molecule has 1 aliphatic rings. The number of anilines is 1. The van der Waals surface area contributed by atoms with Gasteiger partial charge in [-0.3, -0.25) is 4.79 Å². The van der Waals surface area contributed by atoms with Crippen LogP contribution >= 0.6 is 15.9 Å². The summed E-state index contributed by atoms with van der Waals surface area (Å²) in [6.07, 6.45) is -1.25. The van der Waals surface area contributed by atoms with Crippen molar-refractivity contribution < 1.29 is 29.2 Å². The van der Waals surface area contributed by atoms with Crippen molar-refractivity contribution >= 4 is 37.5 Å². The summed E-state index contributed by atoms with van der Waals surface area (Å²) in [6.45, 7) is 5.11. The zero-order chi connectivity index (χ0) is 26.3. The third-order valence-corrected chi connectivity index (χ3v) is 7.99. The van der Waals surface area contributed by atoms with Crippen molar-refractivity contribution in [3.05, 3.63) is 81.8 Å². The van der Waals surface area contributed by atoms with Gasteiger partial charge in [-0.2, -0.15) is 0 Å². The van der Waals surface area contributed by atoms with Crippen LogP contribution in [0, 0.1) is 6.92 Å². The molecule has 0 aromatic heterocycles. The molecule has 1 amide bonds. The van der Waals surface area contributed by atoms with Crippen molar-refractivity contribution in [2.24, 2.45) is 0 Å². The summed E-state index contributed by atoms with van der Waals surface area (Å²) in [5.41, 5.74) is 0.862. The molecule has 0 unspecified atom stereocenters. The van der Waals surface area contributed by atoms with Gasteiger partial charge in [-0.25, -0.2) is 13.1 Å². The lowest BCUT2D eigenvalue weighted by atomic mass is 9.86. The molecule has 3 N–H and O–H groups in total. The molecule has 8 nitrogen and oxygen atoms in total. The first kappa shape index (κ1) is 26.2. The van der Waals surface area contributed by atoms with Crippen molar-refractivity contribution in [2.45, 2.75) is 43.4 Å². The van der Waals surface area contributed by atoms with Gasteiger partial charge >= 0.3 is 0 Å². The quantitative estimate of drug-likeness (QED) is 0.388. The van der Waals surface area contributed by atoms with Gasteiger partial charge in [-0.1, -0.05) is 22.0 Å². The number of aliphatic hydroxyl groups is 1. The van der Waals surface area contributed by atoms with Crippen molar-refractivity contribution in [1.29, 1.82) is 0 Å². The minimum absolute atomic E-state index is 0. The first-order valence-corrected chi connectivity index (χ1v) is 13.4. The minimum Gasteiger partial charge on any atom is -0.495 e. The van der Waals surface area contributed by atoms with Crippen molar-refractivity contribution in [3.8, 4) is 11.5 Å². The van der Waals surface area contributed by atoms with E-state index >= 15 is 0 Å². The van der Waals surface area contributed by atoms with E-state index in [9.17, 15) is 18.3 Å². The number of benzene rings is 3. The molecule has 0 bridgehead atoms. The molecule has 0 spiro atoms. The lowest BCUT2D eigenvalue weighted by molar-refractivity contribution is -0.0603. The van der Waals surface area contributed by atoms with Crippen LogP contribution < -0.4 is 19.5 Å². The smallest absolute Gasteiger partial charge is 0.255 e. The highest BCUT2D eigenvalue weighted by Gasteiger charge is 2.45. The van der Waals surface area contributed by atoms with Crippen LogP contribution in [0.5, 0.6) is 11.5 Å². The average Bonchev–Trinajstić information content (AvgIpc) is 2.83. The number of fused-ring (bicyclic) bond motifs is 1. The molecule has 0 fully saturated rings. The van der Waals surface area contributed by atoms with Crippen LogP contribution in [-0.2, 0) is 10.0 Å². The van der Waals surface area contributed by atoms with Gasteiger partial charge in [-0.05, 0) is 80.9 Å². The summed E-state index contributed by atoms with van der Waals surface area (Å²) in [4.78, 5) is 12.9. The second-order valence-electron chi connectivity index (χ2n) is 9.12. The van der Waals surface area contributed by atoms with Gasteiger partial charge in [-0.15, -0.1) is 0 Å². The Morgan fingerprint density at radius 2 is 1.81 bits per heavy atom. The van der Waals surface area contributed by atoms with Gasteiger partial charge in [0, 0.05) is 22.7 Å². The van der Waals surface area contributed by atoms with E-state index in [-0.39, 0.29) is 23.5 Å². The topological polar surface area (TPSA) is 114 Å². The highest BCUT2D eigenvalue weighted by atomic mass is 79.9. The molecule has 0 saturated carbocycles. The normalized spacial score (nSPS) is 18.6. The van der Waals surface area contributed by atoms with Crippen LogP contribution in [0.25, 0.3) is 0 Å². The molecule has 1 aliphatic heterocycles. The van der Waals surface area contributed by atoms with E-state index < -0.39 is 27.8 Å². The summed E-state index contributed by atoms with van der Waals surface area (Å²) < 4.78 is 41.7. The van der Waals surface area contributed by atoms with Crippen LogP contribution in [0.15, 0.2) is 70.0 Å². The standard InChI is InChI=1S/C26H27BrN2O6S.H2/c1-15-5-11-21(34-4)22(13-15)36(32,33)29-23-19-14-16(6-12-20(19)35-26(2,3)24(23)30)25(31)28-18-9-7-17(27)8-10-18;/h5-14,23-24,29-30H,1-4H3,(H,28,31);1H/t23-,24+;/m1./s1. The number of halogens is 1. The fraction of sp³-hybridized carbons (Fsp3) is 0.269. The number of amides is 1. The van der Waals surface area contributed by atoms with Crippen molar-refractivity contribution in [1.82, 2.24) is 4.72 Å². The van der Waals surface area contributed by atoms with Crippen LogP contribution in [-0.4, -0.2) is 38.2 Å². The molecule has 1 heterocycles. The molecule has 0 radical (unpaired) electrons. The number of methoxy groups -OCH3 is 1. The van der Waals surface area contributed by atoms with E-state index in [0.29, 0.717) is 17.0 Å². The van der Waals surface area contributed by atoms with Crippen molar-refractivity contribution in [2.75, 3.05) is 12.4 Å². The predicted molar refractivity (Wildman–Crippen MR) is 142 cm³/mol. The first-order chi connectivity index (χ1) is 16.9. The van der Waals surface area contributed by atoms with E-state index in [1.165, 1.54) is 19.2 Å². The molecule has 0 saturated heterocycles. The Morgan fingerprint density at radius 1 is 1.11 bits per heavy atom. The molecule has 3 aromatic carbocycles. The SMILES string of the molecule is COc1ccc(C)cc1S(=O)(=O)N[C@@H]1c2cc(C(=O)Nc3ccc(Br)cc3)ccc2OC(C)(C)[C@H]1O.[HH]. The molecule has 36 heavy (non-hydrogen) atoms. The summed E-state index contributed by atoms with van der Waals surface area (Å²) in [5.74, 6) is 0.160. The van der Waals surface area contributed by atoms with Crippen LogP contribution in [0.1, 0.15) is 42.8 Å². The minimum atomic E-state index is -4.13. The Kier molecular flexibility index (Phi) is 7.16. The van der Waals surface area contributed by atoms with E-state index in [0.717, 1.165) is 10.0 Å². The van der Waals surface area contributed by atoms with E-state index in [1.54, 1.807) is 69.3 Å². The van der Waals surface area contributed by atoms with E-state index in [1.807, 2.05) is 0 Å². The lowest BCUT2D eigenvalue weighted by Crippen LogP contribution is -2.53. The molecular formula is C26H29BrN2O6S. The summed E-state index contributed by atoms with van der Waals surface area (Å²) in [6, 6.07) is 15.6. The molecule has 3 aromatic rings. The van der Waals surface area contributed by atoms with Crippen molar-refractivity contribution in [3.63, 3.8) is 0 Å². The van der Waals surface area contributed by atoms with Gasteiger partial charge in [0.05, 0.1) is 13.2 Å². The van der Waals surface area contributed by atoms with Gasteiger partial charge < -0.3 is 19.9 Å². The maximum Gasteiger partial charge on any atom is 0.255 e. The highest BCUT2D eigenvalue weighted by Crippen LogP contribution is 2.41. The Hall–Kier alpha value is -2.92. The molecule has 2 atom stereocenters. The Morgan fingerprint density at radius 3 is 2.47 bits per heavy atom. The second-order valence-corrected chi connectivity index (χ2v) is 11.7. The van der Waals surface area contributed by atoms with Gasteiger partial charge in [0.2, 0.25) is 10.0 Å². The van der Waals surface area contributed by atoms with Crippen LogP contribution in [0.3, 0.4) is 0 Å². The fourth-order valence-corrected chi connectivity index (χ4v) is 5.77. The molecule has 0 aliphatic carbocycles. The van der Waals surface area contributed by atoms with Gasteiger partial charge in [0.15, 0.2) is 0 Å². The summed E-state index contributed by atoms with van der Waals surface area (Å²) in [7, 11) is -2.74. The number of ether oxygens (including phenoxy) is 2. The molecular weight excluding hydrogens is 548 g/mol. The maximum atomic E-state index is 13.5. The fourth-order valence-electron chi connectivity index (χ4n) is 4.03. The number of aryl methyl sites for hydroxylation is 1. The number of sulfonamides is 1. The Balaban J connectivity index is 0.00000380. The highest BCUT2D eigenvalue weighted by molar-refractivity contribution is 9.10. The number of hydrogen-bond donors (Lipinski definition) is 3. The third kappa shape index (κ3) is 5.27. The average molecular weight is 577 g/mol. The van der Waals surface area contributed by atoms with Gasteiger partial charge in [0.25, 0.3) is 5.91 Å². The predicted octanol–water partition coefficient (Wildman–Crippen LogP) is 4.82. The Labute approximate surface area is 220 Å². The molecule has 192 valence electrons. The van der Waals surface area contributed by atoms with Crippen LogP contribution in [0.2, 0.25) is 0 Å². The third-order valence-electron chi connectivity index (χ3n) is 6.00. The molecule has 4 rings (SSSR count). The largest absolute Gasteiger partial charge is 0.495 e. The number of rotatable bonds is 6. The zero-order valence-corrected chi connectivity index (χ0v) is 22.6. The zero-order valence-electron chi connectivity index (χ0n) is 20.2.